The van der Waals surface area contributed by atoms with Crippen molar-refractivity contribution in [2.45, 2.75) is 26.3 Å². The van der Waals surface area contributed by atoms with Crippen LogP contribution in [0.25, 0.3) is 71.3 Å². The van der Waals surface area contributed by atoms with Crippen molar-refractivity contribution in [3.05, 3.63) is 155 Å². The van der Waals surface area contributed by atoms with Crippen LogP contribution in [0.3, 0.4) is 0 Å². The molecule has 0 fully saturated rings. The van der Waals surface area contributed by atoms with Crippen LogP contribution in [0.1, 0.15) is 36.8 Å². The third kappa shape index (κ3) is 5.47. The maximum atomic E-state index is 4.19. The highest BCUT2D eigenvalue weighted by Crippen LogP contribution is 2.38. The molecule has 2 nitrogen and oxygen atoms in total. The lowest BCUT2D eigenvalue weighted by Crippen LogP contribution is -2.21. The van der Waals surface area contributed by atoms with Crippen LogP contribution in [0.4, 0.5) is 5.69 Å². The zero-order chi connectivity index (χ0) is 32.8. The third-order valence-electron chi connectivity index (χ3n) is 8.94. The summed E-state index contributed by atoms with van der Waals surface area (Å²) < 4.78 is 5.04. The number of fused-ring (bicyclic) bond motifs is 5. The van der Waals surface area contributed by atoms with Crippen molar-refractivity contribution >= 4 is 88.6 Å². The van der Waals surface area contributed by atoms with E-state index >= 15 is 0 Å². The number of hydrogen-bond acceptors (Lipinski definition) is 3. The second-order valence-corrected chi connectivity index (χ2v) is 15.2. The van der Waals surface area contributed by atoms with Crippen molar-refractivity contribution in [3.8, 4) is 11.1 Å². The zero-order valence-corrected chi connectivity index (χ0v) is 29.0. The Morgan fingerprint density at radius 2 is 1.40 bits per heavy atom. The monoisotopic (exact) mass is 656 g/mol. The Kier molecular flexibility index (Phi) is 7.63. The van der Waals surface area contributed by atoms with Crippen LogP contribution in [0, 0.1) is 0 Å². The molecule has 0 saturated carbocycles. The van der Waals surface area contributed by atoms with Gasteiger partial charge in [-0.15, -0.1) is 22.7 Å². The molecule has 0 spiro atoms. The minimum Gasteiger partial charge on any atom is -0.356 e. The molecule has 5 aromatic carbocycles. The molecule has 3 aromatic heterocycles. The molecule has 0 radical (unpaired) electrons. The van der Waals surface area contributed by atoms with Gasteiger partial charge in [0.05, 0.1) is 0 Å². The molecule has 4 heteroatoms. The van der Waals surface area contributed by atoms with Gasteiger partial charge in [0.2, 0.25) is 0 Å². The number of benzene rings is 5. The van der Waals surface area contributed by atoms with Gasteiger partial charge in [0.1, 0.15) is 0 Å². The average Bonchev–Trinajstić information content (AvgIpc) is 3.78. The Hall–Kier alpha value is -5.16. The van der Waals surface area contributed by atoms with Crippen molar-refractivity contribution < 1.29 is 0 Å². The summed E-state index contributed by atoms with van der Waals surface area (Å²) >= 11 is 3.61. The molecule has 0 amide bonds. The normalized spacial score (nSPS) is 12.6. The number of hydrogen-bond donors (Lipinski definition) is 1. The molecular formula is C44H36N2S2. The van der Waals surface area contributed by atoms with Gasteiger partial charge in [0, 0.05) is 64.0 Å². The van der Waals surface area contributed by atoms with Crippen LogP contribution < -0.4 is 5.32 Å². The van der Waals surface area contributed by atoms with E-state index < -0.39 is 0 Å². The first kappa shape index (κ1) is 30.2. The van der Waals surface area contributed by atoms with E-state index in [-0.39, 0.29) is 5.54 Å². The maximum Gasteiger partial charge on any atom is 0.0496 e. The first-order chi connectivity index (χ1) is 23.4. The Morgan fingerprint density at radius 1 is 0.688 bits per heavy atom. The average molecular weight is 657 g/mol. The highest BCUT2D eigenvalue weighted by molar-refractivity contribution is 7.20. The largest absolute Gasteiger partial charge is 0.356 e. The van der Waals surface area contributed by atoms with Crippen molar-refractivity contribution in [2.75, 3.05) is 5.32 Å². The van der Waals surface area contributed by atoms with Gasteiger partial charge >= 0.3 is 0 Å². The van der Waals surface area contributed by atoms with Crippen molar-refractivity contribution in [1.29, 1.82) is 0 Å². The summed E-state index contributed by atoms with van der Waals surface area (Å²) in [5, 5.41) is 11.0. The number of rotatable bonds is 7. The van der Waals surface area contributed by atoms with Crippen molar-refractivity contribution in [3.63, 3.8) is 0 Å². The molecule has 0 saturated heterocycles. The van der Waals surface area contributed by atoms with Crippen LogP contribution >= 0.6 is 22.7 Å². The SMILES string of the molecule is C=C/C(=C/c1c(/C=C\c2csc3ccccc23)sc2ccccc12)Nc1cccc(-c2ccc3c(c2)c2ccccc2n3C(C)(C)C)c1. The minimum absolute atomic E-state index is 0.0259. The van der Waals surface area contributed by atoms with Gasteiger partial charge in [-0.2, -0.15) is 0 Å². The number of nitrogens with zero attached hydrogens (tertiary/aromatic N) is 1. The number of anilines is 1. The quantitative estimate of drug-likeness (QED) is 0.169. The molecule has 0 bridgehead atoms. The fraction of sp³-hybridized carbons (Fsp3) is 0.0909. The first-order valence-electron chi connectivity index (χ1n) is 16.3. The molecule has 0 unspecified atom stereocenters. The van der Waals surface area contributed by atoms with E-state index in [1.807, 2.05) is 17.4 Å². The number of para-hydroxylation sites is 1. The Morgan fingerprint density at radius 3 is 2.21 bits per heavy atom. The Bertz CT molecular complexity index is 2540. The van der Waals surface area contributed by atoms with Crippen LogP contribution in [0.15, 0.2) is 139 Å². The van der Waals surface area contributed by atoms with E-state index in [0.29, 0.717) is 0 Å². The van der Waals surface area contributed by atoms with Gasteiger partial charge in [-0.1, -0.05) is 85.5 Å². The molecule has 0 aliphatic carbocycles. The molecule has 0 aliphatic rings. The summed E-state index contributed by atoms with van der Waals surface area (Å²) in [6.07, 6.45) is 8.66. The number of allylic oxidation sites excluding steroid dienone is 1. The summed E-state index contributed by atoms with van der Waals surface area (Å²) in [6, 6.07) is 41.5. The van der Waals surface area contributed by atoms with Gasteiger partial charge in [0.15, 0.2) is 0 Å². The van der Waals surface area contributed by atoms with Crippen LogP contribution in [-0.2, 0) is 5.54 Å². The van der Waals surface area contributed by atoms with Gasteiger partial charge in [-0.25, -0.2) is 0 Å². The third-order valence-corrected chi connectivity index (χ3v) is 11.1. The Labute approximate surface area is 289 Å². The van der Waals surface area contributed by atoms with Crippen LogP contribution in [0.5, 0.6) is 0 Å². The van der Waals surface area contributed by atoms with Gasteiger partial charge in [-0.05, 0) is 109 Å². The lowest BCUT2D eigenvalue weighted by atomic mass is 10.0. The van der Waals surface area contributed by atoms with E-state index in [4.69, 9.17) is 0 Å². The van der Waals surface area contributed by atoms with Crippen molar-refractivity contribution in [2.24, 2.45) is 0 Å². The maximum absolute atomic E-state index is 4.19. The van der Waals surface area contributed by atoms with Gasteiger partial charge < -0.3 is 9.88 Å². The zero-order valence-electron chi connectivity index (χ0n) is 27.3. The van der Waals surface area contributed by atoms with E-state index in [2.05, 4.69) is 176 Å². The highest BCUT2D eigenvalue weighted by atomic mass is 32.1. The molecule has 8 rings (SSSR count). The summed E-state index contributed by atoms with van der Waals surface area (Å²) in [5.41, 5.74) is 9.31. The second-order valence-electron chi connectivity index (χ2n) is 13.2. The van der Waals surface area contributed by atoms with Crippen LogP contribution in [-0.4, -0.2) is 4.57 Å². The fourth-order valence-corrected chi connectivity index (χ4v) is 8.79. The molecule has 8 aromatic rings. The van der Waals surface area contributed by atoms with Crippen molar-refractivity contribution in [1.82, 2.24) is 4.57 Å². The molecule has 0 atom stereocenters. The van der Waals surface area contributed by atoms with E-state index in [1.54, 1.807) is 11.3 Å². The topological polar surface area (TPSA) is 17.0 Å². The van der Waals surface area contributed by atoms with E-state index in [1.165, 1.54) is 69.1 Å². The highest BCUT2D eigenvalue weighted by Gasteiger charge is 2.20. The summed E-state index contributed by atoms with van der Waals surface area (Å²) in [7, 11) is 0. The predicted octanol–water partition coefficient (Wildman–Crippen LogP) is 13.5. The molecule has 0 aliphatic heterocycles. The minimum atomic E-state index is -0.0259. The number of nitrogens with one attached hydrogen (secondary N) is 1. The fourth-order valence-electron chi connectivity index (χ4n) is 6.77. The van der Waals surface area contributed by atoms with Gasteiger partial charge in [0.25, 0.3) is 0 Å². The lowest BCUT2D eigenvalue weighted by molar-refractivity contribution is 0.423. The van der Waals surface area contributed by atoms with E-state index in [0.717, 1.165) is 11.4 Å². The number of aromatic nitrogens is 1. The standard InChI is InChI=1S/C44H36N2S2/c1-5-32(27-38-36-17-8-11-20-42(36)48-43(38)24-22-31-28-47-41-19-10-7-15-34(31)41)45-33-14-12-13-29(25-33)30-21-23-40-37(26-30)35-16-6-9-18-39(35)46(40)44(2,3)4/h5-28,45H,1H2,2-4H3/b24-22-,32-27-. The molecule has 1 N–H and O–H groups in total. The smallest absolute Gasteiger partial charge is 0.0496 e. The predicted molar refractivity (Wildman–Crippen MR) is 214 cm³/mol. The van der Waals surface area contributed by atoms with Crippen LogP contribution in [0.2, 0.25) is 0 Å². The molecule has 3 heterocycles. The van der Waals surface area contributed by atoms with E-state index in [9.17, 15) is 0 Å². The molecule has 234 valence electrons. The summed E-state index contributed by atoms with van der Waals surface area (Å²) in [4.78, 5) is 1.23. The lowest BCUT2D eigenvalue weighted by Gasteiger charge is -2.24. The second kappa shape index (κ2) is 12.1. The Balaban J connectivity index is 1.14. The summed E-state index contributed by atoms with van der Waals surface area (Å²) in [5.74, 6) is 0. The summed E-state index contributed by atoms with van der Waals surface area (Å²) in [6.45, 7) is 11.0. The first-order valence-corrected chi connectivity index (χ1v) is 18.0. The molecule has 48 heavy (non-hydrogen) atoms. The van der Waals surface area contributed by atoms with Gasteiger partial charge in [-0.3, -0.25) is 0 Å². The number of thiophene rings is 2. The molecular weight excluding hydrogens is 621 g/mol.